The van der Waals surface area contributed by atoms with Crippen molar-refractivity contribution in [3.05, 3.63) is 24.0 Å². The van der Waals surface area contributed by atoms with E-state index in [2.05, 4.69) is 0 Å². The van der Waals surface area contributed by atoms with E-state index >= 15 is 0 Å². The number of nitrogens with zero attached hydrogens (tertiary/aromatic N) is 2. The zero-order valence-corrected chi connectivity index (χ0v) is 9.63. The van der Waals surface area contributed by atoms with Gasteiger partial charge >= 0.3 is 5.97 Å². The molecule has 0 saturated carbocycles. The number of piperidine rings is 1. The number of carboxylic acids is 1. The lowest BCUT2D eigenvalue weighted by atomic mass is 10.1. The van der Waals surface area contributed by atoms with E-state index in [1.807, 2.05) is 4.90 Å². The first-order valence-corrected chi connectivity index (χ1v) is 5.84. The summed E-state index contributed by atoms with van der Waals surface area (Å²) < 4.78 is 1.49. The van der Waals surface area contributed by atoms with Crippen LogP contribution in [0.25, 0.3) is 0 Å². The van der Waals surface area contributed by atoms with Crippen LogP contribution in [-0.4, -0.2) is 39.5 Å². The molecule has 0 unspecified atom stereocenters. The Kier molecular flexibility index (Phi) is 3.46. The van der Waals surface area contributed by atoms with Gasteiger partial charge in [-0.05, 0) is 31.4 Å². The highest BCUT2D eigenvalue weighted by Crippen LogP contribution is 2.10. The third kappa shape index (κ3) is 2.67. The summed E-state index contributed by atoms with van der Waals surface area (Å²) in [5.41, 5.74) is 0.162. The van der Waals surface area contributed by atoms with Gasteiger partial charge < -0.3 is 14.6 Å². The molecule has 17 heavy (non-hydrogen) atoms. The summed E-state index contributed by atoms with van der Waals surface area (Å²) in [5.74, 6) is -0.996. The fourth-order valence-corrected chi connectivity index (χ4v) is 2.14. The maximum atomic E-state index is 12.0. The van der Waals surface area contributed by atoms with Crippen molar-refractivity contribution in [2.45, 2.75) is 25.8 Å². The minimum absolute atomic E-state index is 0.00315. The van der Waals surface area contributed by atoms with Gasteiger partial charge in [0.05, 0.1) is 0 Å². The van der Waals surface area contributed by atoms with E-state index in [1.165, 1.54) is 17.1 Å². The Balaban J connectivity index is 2.02. The van der Waals surface area contributed by atoms with E-state index in [1.54, 1.807) is 12.3 Å². The van der Waals surface area contributed by atoms with Crippen LogP contribution in [0.4, 0.5) is 0 Å². The van der Waals surface area contributed by atoms with Gasteiger partial charge in [0, 0.05) is 19.3 Å². The molecule has 1 aromatic rings. The molecular weight excluding hydrogens is 220 g/mol. The second-order valence-corrected chi connectivity index (χ2v) is 4.27. The molecule has 0 spiro atoms. The molecule has 0 radical (unpaired) electrons. The Morgan fingerprint density at radius 3 is 2.59 bits per heavy atom. The lowest BCUT2D eigenvalue weighted by molar-refractivity contribution is -0.132. The largest absolute Gasteiger partial charge is 0.477 e. The zero-order chi connectivity index (χ0) is 12.3. The van der Waals surface area contributed by atoms with Crippen LogP contribution in [0.15, 0.2) is 18.3 Å². The summed E-state index contributed by atoms with van der Waals surface area (Å²) in [7, 11) is 0. The van der Waals surface area contributed by atoms with Crippen molar-refractivity contribution in [1.82, 2.24) is 9.47 Å². The molecule has 2 rings (SSSR count). The topological polar surface area (TPSA) is 62.5 Å². The van der Waals surface area contributed by atoms with Crippen molar-refractivity contribution in [2.24, 2.45) is 0 Å². The molecule has 0 aliphatic carbocycles. The van der Waals surface area contributed by atoms with E-state index in [0.717, 1.165) is 25.9 Å². The minimum Gasteiger partial charge on any atom is -0.477 e. The van der Waals surface area contributed by atoms with Gasteiger partial charge in [0.2, 0.25) is 5.91 Å². The van der Waals surface area contributed by atoms with E-state index < -0.39 is 5.97 Å². The van der Waals surface area contributed by atoms with Crippen molar-refractivity contribution < 1.29 is 14.7 Å². The molecule has 1 aliphatic rings. The third-order valence-electron chi connectivity index (χ3n) is 3.06. The molecule has 0 aromatic carbocycles. The van der Waals surface area contributed by atoms with Crippen molar-refractivity contribution >= 4 is 11.9 Å². The Morgan fingerprint density at radius 2 is 1.94 bits per heavy atom. The first kappa shape index (κ1) is 11.7. The Labute approximate surface area is 99.6 Å². The van der Waals surface area contributed by atoms with Crippen LogP contribution < -0.4 is 0 Å². The number of aromatic carboxylic acids is 1. The average Bonchev–Trinajstić information content (AvgIpc) is 2.78. The Bertz CT molecular complexity index is 419. The van der Waals surface area contributed by atoms with Crippen molar-refractivity contribution in [2.75, 3.05) is 13.1 Å². The lowest BCUT2D eigenvalue weighted by Gasteiger charge is -2.27. The number of aromatic nitrogens is 1. The van der Waals surface area contributed by atoms with Crippen LogP contribution in [0.1, 0.15) is 29.8 Å². The highest BCUT2D eigenvalue weighted by molar-refractivity contribution is 5.86. The molecule has 0 atom stereocenters. The first-order valence-electron chi connectivity index (χ1n) is 5.84. The van der Waals surface area contributed by atoms with Crippen LogP contribution in [0.5, 0.6) is 0 Å². The number of carbonyl (C=O) groups is 2. The predicted molar refractivity (Wildman–Crippen MR) is 61.8 cm³/mol. The summed E-state index contributed by atoms with van der Waals surface area (Å²) in [6, 6.07) is 3.15. The quantitative estimate of drug-likeness (QED) is 0.857. The molecule has 0 bridgehead atoms. The Hall–Kier alpha value is -1.78. The number of hydrogen-bond acceptors (Lipinski definition) is 2. The number of likely N-dealkylation sites (tertiary alicyclic amines) is 1. The van der Waals surface area contributed by atoms with Gasteiger partial charge in [-0.2, -0.15) is 0 Å². The molecular formula is C12H16N2O3. The summed E-state index contributed by atoms with van der Waals surface area (Å²) in [6.07, 6.45) is 4.89. The fourth-order valence-electron chi connectivity index (χ4n) is 2.14. The summed E-state index contributed by atoms with van der Waals surface area (Å²) in [5, 5.41) is 8.93. The van der Waals surface area contributed by atoms with Crippen molar-refractivity contribution in [3.63, 3.8) is 0 Å². The molecule has 2 heterocycles. The predicted octanol–water partition coefficient (Wildman–Crippen LogP) is 1.20. The normalized spacial score (nSPS) is 15.9. The van der Waals surface area contributed by atoms with Crippen LogP contribution in [0, 0.1) is 0 Å². The van der Waals surface area contributed by atoms with Gasteiger partial charge in [0.25, 0.3) is 0 Å². The van der Waals surface area contributed by atoms with Gasteiger partial charge in [0.1, 0.15) is 12.2 Å². The monoisotopic (exact) mass is 236 g/mol. The highest BCUT2D eigenvalue weighted by atomic mass is 16.4. The van der Waals surface area contributed by atoms with Crippen LogP contribution in [0.2, 0.25) is 0 Å². The maximum absolute atomic E-state index is 12.0. The number of amides is 1. The lowest BCUT2D eigenvalue weighted by Crippen LogP contribution is -2.38. The molecule has 1 fully saturated rings. The molecule has 1 aromatic heterocycles. The summed E-state index contributed by atoms with van der Waals surface area (Å²) >= 11 is 0. The zero-order valence-electron chi connectivity index (χ0n) is 9.63. The minimum atomic E-state index is -0.999. The smallest absolute Gasteiger partial charge is 0.352 e. The molecule has 1 aliphatic heterocycles. The van der Waals surface area contributed by atoms with E-state index in [-0.39, 0.29) is 18.1 Å². The van der Waals surface area contributed by atoms with E-state index in [0.29, 0.717) is 0 Å². The number of carboxylic acid groups (broad SMARTS) is 1. The average molecular weight is 236 g/mol. The van der Waals surface area contributed by atoms with E-state index in [4.69, 9.17) is 5.11 Å². The summed E-state index contributed by atoms with van der Waals surface area (Å²) in [4.78, 5) is 24.7. The third-order valence-corrected chi connectivity index (χ3v) is 3.06. The standard InChI is InChI=1S/C12H16N2O3/c15-11(13-6-2-1-3-7-13)9-14-8-4-5-10(14)12(16)17/h4-5,8H,1-3,6-7,9H2,(H,16,17). The molecule has 92 valence electrons. The fraction of sp³-hybridized carbons (Fsp3) is 0.500. The molecule has 5 nitrogen and oxygen atoms in total. The van der Waals surface area contributed by atoms with Gasteiger partial charge in [0.15, 0.2) is 0 Å². The number of hydrogen-bond donors (Lipinski definition) is 1. The van der Waals surface area contributed by atoms with Crippen LogP contribution in [0.3, 0.4) is 0 Å². The SMILES string of the molecule is O=C(O)c1cccn1CC(=O)N1CCCCC1. The second-order valence-electron chi connectivity index (χ2n) is 4.27. The molecule has 1 saturated heterocycles. The number of carbonyl (C=O) groups excluding carboxylic acids is 1. The van der Waals surface area contributed by atoms with Crippen LogP contribution in [-0.2, 0) is 11.3 Å². The van der Waals surface area contributed by atoms with Gasteiger partial charge in [-0.1, -0.05) is 0 Å². The molecule has 5 heteroatoms. The van der Waals surface area contributed by atoms with Gasteiger partial charge in [-0.3, -0.25) is 4.79 Å². The maximum Gasteiger partial charge on any atom is 0.352 e. The molecule has 1 N–H and O–H groups in total. The summed E-state index contributed by atoms with van der Waals surface area (Å²) in [6.45, 7) is 1.71. The number of rotatable bonds is 3. The van der Waals surface area contributed by atoms with Gasteiger partial charge in [-0.15, -0.1) is 0 Å². The van der Waals surface area contributed by atoms with Crippen molar-refractivity contribution in [1.29, 1.82) is 0 Å². The molecule has 1 amide bonds. The van der Waals surface area contributed by atoms with Gasteiger partial charge in [-0.25, -0.2) is 4.79 Å². The Morgan fingerprint density at radius 1 is 1.24 bits per heavy atom. The van der Waals surface area contributed by atoms with Crippen molar-refractivity contribution in [3.8, 4) is 0 Å². The first-order chi connectivity index (χ1) is 8.18. The van der Waals surface area contributed by atoms with E-state index in [9.17, 15) is 9.59 Å². The highest BCUT2D eigenvalue weighted by Gasteiger charge is 2.18. The second kappa shape index (κ2) is 5.03. The van der Waals surface area contributed by atoms with Crippen LogP contribution >= 0.6 is 0 Å².